The van der Waals surface area contributed by atoms with Crippen molar-refractivity contribution in [3.05, 3.63) is 72.1 Å². The molecule has 2 aromatic heterocycles. The fourth-order valence-electron chi connectivity index (χ4n) is 3.86. The van der Waals surface area contributed by atoms with E-state index in [4.69, 9.17) is 18.6 Å². The van der Waals surface area contributed by atoms with Crippen molar-refractivity contribution >= 4 is 28.4 Å². The van der Waals surface area contributed by atoms with Crippen LogP contribution < -0.4 is 24.8 Å². The largest absolute Gasteiger partial charge is 0.493 e. The van der Waals surface area contributed by atoms with Gasteiger partial charge in [-0.15, -0.1) is 0 Å². The number of carbonyl (C=O) groups excluding carboxylic acids is 1. The number of fused-ring (bicyclic) bond motifs is 1. The van der Waals surface area contributed by atoms with Crippen LogP contribution in [0, 0.1) is 0 Å². The lowest BCUT2D eigenvalue weighted by atomic mass is 10.1. The van der Waals surface area contributed by atoms with Crippen LogP contribution in [0.25, 0.3) is 11.0 Å². The summed E-state index contributed by atoms with van der Waals surface area (Å²) in [4.78, 5) is 17.6. The van der Waals surface area contributed by atoms with Crippen LogP contribution in [-0.4, -0.2) is 38.3 Å². The number of rotatable bonds is 10. The number of nitrogens with one attached hydrogen (secondary N) is 2. The lowest BCUT2D eigenvalue weighted by molar-refractivity contribution is 0.0933. The summed E-state index contributed by atoms with van der Waals surface area (Å²) in [6.45, 7) is 1.99. The van der Waals surface area contributed by atoms with E-state index in [1.54, 1.807) is 51.9 Å². The Labute approximate surface area is 204 Å². The highest BCUT2D eigenvalue weighted by Crippen LogP contribution is 2.41. The van der Waals surface area contributed by atoms with Crippen molar-refractivity contribution in [2.75, 3.05) is 26.6 Å². The van der Waals surface area contributed by atoms with Crippen molar-refractivity contribution in [3.63, 3.8) is 0 Å². The second-order valence-electron chi connectivity index (χ2n) is 8.13. The normalized spacial score (nSPS) is 11.7. The zero-order valence-electron chi connectivity index (χ0n) is 20.3. The number of hydrogen-bond acceptors (Lipinski definition) is 7. The zero-order valence-corrected chi connectivity index (χ0v) is 20.3. The summed E-state index contributed by atoms with van der Waals surface area (Å²) in [5, 5.41) is 7.04. The Morgan fingerprint density at radius 1 is 1.00 bits per heavy atom. The van der Waals surface area contributed by atoms with Gasteiger partial charge in [-0.05, 0) is 31.4 Å². The number of methoxy groups -OCH3 is 3. The third-order valence-electron chi connectivity index (χ3n) is 5.70. The number of furan rings is 1. The predicted octanol–water partition coefficient (Wildman–Crippen LogP) is 5.35. The van der Waals surface area contributed by atoms with Crippen LogP contribution in [0.5, 0.6) is 17.2 Å². The van der Waals surface area contributed by atoms with Gasteiger partial charge in [-0.25, -0.2) is 4.98 Å². The van der Waals surface area contributed by atoms with Crippen molar-refractivity contribution in [1.29, 1.82) is 0 Å². The van der Waals surface area contributed by atoms with E-state index >= 15 is 0 Å². The standard InChI is InChI=1S/C27H29N3O5/c1-17(10-11-18-8-6-5-7-9-18)28-27(31)21-16-22-20(12-13-35-22)26(30-21)29-19-14-23(32-2)25(34-4)24(15-19)33-3/h5-9,12-17H,10-11H2,1-4H3,(H,28,31)(H,29,30)/t17-/m0/s1. The quantitative estimate of drug-likeness (QED) is 0.319. The molecule has 0 aliphatic heterocycles. The molecule has 0 aliphatic carbocycles. The Balaban J connectivity index is 1.55. The number of anilines is 2. The van der Waals surface area contributed by atoms with Crippen LogP contribution in [0.4, 0.5) is 11.5 Å². The number of aryl methyl sites for hydroxylation is 1. The zero-order chi connectivity index (χ0) is 24.8. The third kappa shape index (κ3) is 5.48. The molecule has 0 saturated carbocycles. The Bertz CT molecular complexity index is 1280. The highest BCUT2D eigenvalue weighted by atomic mass is 16.5. The molecule has 0 fully saturated rings. The minimum atomic E-state index is -0.267. The van der Waals surface area contributed by atoms with Gasteiger partial charge in [0.25, 0.3) is 5.91 Å². The molecule has 2 heterocycles. The first kappa shape index (κ1) is 23.9. The van der Waals surface area contributed by atoms with Gasteiger partial charge in [0, 0.05) is 29.9 Å². The average molecular weight is 476 g/mol. The molecule has 8 nitrogen and oxygen atoms in total. The number of ether oxygens (including phenoxy) is 3. The molecule has 1 amide bonds. The Morgan fingerprint density at radius 3 is 2.37 bits per heavy atom. The fraction of sp³-hybridized carbons (Fsp3) is 0.259. The van der Waals surface area contributed by atoms with Gasteiger partial charge in [-0.2, -0.15) is 0 Å². The van der Waals surface area contributed by atoms with Crippen LogP contribution in [0.1, 0.15) is 29.4 Å². The molecule has 4 rings (SSSR count). The summed E-state index contributed by atoms with van der Waals surface area (Å²) in [5.41, 5.74) is 2.70. The first-order valence-electron chi connectivity index (χ1n) is 11.3. The number of aromatic nitrogens is 1. The molecule has 4 aromatic rings. The van der Waals surface area contributed by atoms with Crippen LogP contribution in [0.2, 0.25) is 0 Å². The highest BCUT2D eigenvalue weighted by Gasteiger charge is 2.18. The maximum Gasteiger partial charge on any atom is 0.270 e. The van der Waals surface area contributed by atoms with Crippen LogP contribution >= 0.6 is 0 Å². The van der Waals surface area contributed by atoms with E-state index in [2.05, 4.69) is 27.8 Å². The van der Waals surface area contributed by atoms with Gasteiger partial charge < -0.3 is 29.3 Å². The molecular weight excluding hydrogens is 446 g/mol. The van der Waals surface area contributed by atoms with E-state index in [0.717, 1.165) is 18.2 Å². The molecule has 0 spiro atoms. The van der Waals surface area contributed by atoms with Crippen molar-refractivity contribution in [1.82, 2.24) is 10.3 Å². The molecule has 2 aromatic carbocycles. The molecule has 0 radical (unpaired) electrons. The number of amides is 1. The van der Waals surface area contributed by atoms with Crippen molar-refractivity contribution in [3.8, 4) is 17.2 Å². The van der Waals surface area contributed by atoms with Crippen molar-refractivity contribution < 1.29 is 23.4 Å². The first-order chi connectivity index (χ1) is 17.0. The summed E-state index contributed by atoms with van der Waals surface area (Å²) in [7, 11) is 4.65. The summed E-state index contributed by atoms with van der Waals surface area (Å²) in [6.07, 6.45) is 3.26. The lowest BCUT2D eigenvalue weighted by Crippen LogP contribution is -2.33. The first-order valence-corrected chi connectivity index (χ1v) is 11.3. The number of pyridine rings is 1. The SMILES string of the molecule is COc1cc(Nc2nc(C(=O)N[C@@H](C)CCc3ccccc3)cc3occc23)cc(OC)c1OC. The Kier molecular flexibility index (Phi) is 7.40. The third-order valence-corrected chi connectivity index (χ3v) is 5.70. The van der Waals surface area contributed by atoms with E-state index in [0.29, 0.717) is 34.3 Å². The monoisotopic (exact) mass is 475 g/mol. The molecule has 8 heteroatoms. The molecule has 182 valence electrons. The Morgan fingerprint density at radius 2 is 1.71 bits per heavy atom. The van der Waals surface area contributed by atoms with Crippen molar-refractivity contribution in [2.45, 2.75) is 25.8 Å². The second kappa shape index (κ2) is 10.8. The topological polar surface area (TPSA) is 94.9 Å². The Hall–Kier alpha value is -4.20. The van der Waals surface area contributed by atoms with Crippen molar-refractivity contribution in [2.24, 2.45) is 0 Å². The molecule has 0 aliphatic rings. The average Bonchev–Trinajstić information content (AvgIpc) is 3.36. The summed E-state index contributed by atoms with van der Waals surface area (Å²) in [5.74, 6) is 1.70. The second-order valence-corrected chi connectivity index (χ2v) is 8.13. The van der Waals surface area contributed by atoms with Gasteiger partial charge in [0.05, 0.1) is 33.0 Å². The number of carbonyl (C=O) groups is 1. The van der Waals surface area contributed by atoms with E-state index in [1.807, 2.05) is 25.1 Å². The van der Waals surface area contributed by atoms with E-state index < -0.39 is 0 Å². The summed E-state index contributed by atoms with van der Waals surface area (Å²) >= 11 is 0. The summed E-state index contributed by atoms with van der Waals surface area (Å²) in [6, 6.07) is 17.2. The minimum absolute atomic E-state index is 0.0247. The van der Waals surface area contributed by atoms with Gasteiger partial charge in [0.2, 0.25) is 5.75 Å². The number of benzene rings is 2. The van der Waals surface area contributed by atoms with Gasteiger partial charge in [0.1, 0.15) is 17.1 Å². The van der Waals surface area contributed by atoms with Crippen LogP contribution in [0.3, 0.4) is 0 Å². The van der Waals surface area contributed by atoms with Gasteiger partial charge in [-0.3, -0.25) is 4.79 Å². The predicted molar refractivity (Wildman–Crippen MR) is 135 cm³/mol. The van der Waals surface area contributed by atoms with Gasteiger partial charge in [0.15, 0.2) is 11.5 Å². The molecule has 2 N–H and O–H groups in total. The maximum absolute atomic E-state index is 13.0. The van der Waals surface area contributed by atoms with E-state index in [1.165, 1.54) is 5.56 Å². The maximum atomic E-state index is 13.0. The highest BCUT2D eigenvalue weighted by molar-refractivity contribution is 5.99. The molecule has 0 unspecified atom stereocenters. The van der Waals surface area contributed by atoms with E-state index in [9.17, 15) is 4.79 Å². The molecular formula is C27H29N3O5. The molecule has 0 saturated heterocycles. The lowest BCUT2D eigenvalue weighted by Gasteiger charge is -2.16. The van der Waals surface area contributed by atoms with E-state index in [-0.39, 0.29) is 17.6 Å². The minimum Gasteiger partial charge on any atom is -0.493 e. The van der Waals surface area contributed by atoms with Crippen LogP contribution in [0.15, 0.2) is 65.3 Å². The fourth-order valence-corrected chi connectivity index (χ4v) is 3.86. The number of nitrogens with zero attached hydrogens (tertiary/aromatic N) is 1. The van der Waals surface area contributed by atoms with Gasteiger partial charge in [-0.1, -0.05) is 30.3 Å². The smallest absolute Gasteiger partial charge is 0.270 e. The molecule has 0 bridgehead atoms. The molecule has 1 atom stereocenters. The molecule has 35 heavy (non-hydrogen) atoms. The van der Waals surface area contributed by atoms with Crippen LogP contribution in [-0.2, 0) is 6.42 Å². The van der Waals surface area contributed by atoms with Gasteiger partial charge >= 0.3 is 0 Å². The number of hydrogen-bond donors (Lipinski definition) is 2. The summed E-state index contributed by atoms with van der Waals surface area (Å²) < 4.78 is 21.9.